The number of carbonyl (C=O) groups is 2. The van der Waals surface area contributed by atoms with Gasteiger partial charge in [-0.3, -0.25) is 4.79 Å². The summed E-state index contributed by atoms with van der Waals surface area (Å²) in [6.45, 7) is 8.03. The Labute approximate surface area is 96.6 Å². The molecule has 0 bridgehead atoms. The van der Waals surface area contributed by atoms with Crippen LogP contribution in [0.15, 0.2) is 0 Å². The van der Waals surface area contributed by atoms with Gasteiger partial charge in [0.15, 0.2) is 0 Å². The Morgan fingerprint density at radius 1 is 1.38 bits per heavy atom. The molecule has 4 nitrogen and oxygen atoms in total. The maximum Gasteiger partial charge on any atom is 0.326 e. The minimum absolute atomic E-state index is 0.0594. The summed E-state index contributed by atoms with van der Waals surface area (Å²) in [4.78, 5) is 24.9. The third-order valence-electron chi connectivity index (χ3n) is 3.20. The summed E-state index contributed by atoms with van der Waals surface area (Å²) < 4.78 is 0. The van der Waals surface area contributed by atoms with Crippen LogP contribution in [0.3, 0.4) is 0 Å². The summed E-state index contributed by atoms with van der Waals surface area (Å²) in [5.41, 5.74) is -0.504. The molecule has 1 amide bonds. The molecule has 1 aliphatic heterocycles. The molecule has 0 saturated carbocycles. The van der Waals surface area contributed by atoms with E-state index in [4.69, 9.17) is 0 Å². The van der Waals surface area contributed by atoms with Crippen molar-refractivity contribution in [3.05, 3.63) is 0 Å². The lowest BCUT2D eigenvalue weighted by Crippen LogP contribution is -2.47. The maximum atomic E-state index is 12.1. The first-order valence-electron chi connectivity index (χ1n) is 5.83. The van der Waals surface area contributed by atoms with Crippen LogP contribution < -0.4 is 0 Å². The van der Waals surface area contributed by atoms with Crippen LogP contribution >= 0.6 is 0 Å². The lowest BCUT2D eigenvalue weighted by Gasteiger charge is -2.30. The van der Waals surface area contributed by atoms with Crippen LogP contribution in [0.5, 0.6) is 0 Å². The van der Waals surface area contributed by atoms with E-state index in [1.807, 2.05) is 27.7 Å². The number of carbonyl (C=O) groups excluding carboxylic acids is 1. The first-order valence-corrected chi connectivity index (χ1v) is 5.83. The van der Waals surface area contributed by atoms with Crippen molar-refractivity contribution in [3.8, 4) is 0 Å². The summed E-state index contributed by atoms with van der Waals surface area (Å²) in [7, 11) is 0. The molecule has 2 atom stereocenters. The standard InChI is InChI=1S/C12H21NO3/c1-5-8-6-7-13(9(8)10(14)15)11(16)12(2,3)4/h8-9H,5-7H2,1-4H3,(H,14,15)/t8-,9-/m0/s1. The maximum absolute atomic E-state index is 12.1. The fourth-order valence-corrected chi connectivity index (χ4v) is 2.28. The predicted octanol–water partition coefficient (Wildman–Crippen LogP) is 1.74. The van der Waals surface area contributed by atoms with Gasteiger partial charge in [0.25, 0.3) is 0 Å². The van der Waals surface area contributed by atoms with Crippen LogP contribution in [0.4, 0.5) is 0 Å². The normalized spacial score (nSPS) is 25.9. The van der Waals surface area contributed by atoms with E-state index in [1.165, 1.54) is 4.90 Å². The average Bonchev–Trinajstić information content (AvgIpc) is 2.57. The van der Waals surface area contributed by atoms with Crippen molar-refractivity contribution < 1.29 is 14.7 Å². The molecule has 1 rings (SSSR count). The molecular formula is C12H21NO3. The third kappa shape index (κ3) is 2.36. The molecule has 16 heavy (non-hydrogen) atoms. The van der Waals surface area contributed by atoms with Crippen LogP contribution in [0.25, 0.3) is 0 Å². The van der Waals surface area contributed by atoms with Crippen molar-refractivity contribution in [1.29, 1.82) is 0 Å². The van der Waals surface area contributed by atoms with Gasteiger partial charge in [-0.1, -0.05) is 34.1 Å². The molecule has 0 aromatic carbocycles. The first-order chi connectivity index (χ1) is 7.29. The number of aliphatic carboxylic acids is 1. The zero-order chi connectivity index (χ0) is 12.5. The van der Waals surface area contributed by atoms with E-state index in [0.717, 1.165) is 12.8 Å². The Bertz CT molecular complexity index is 293. The number of carboxylic acid groups (broad SMARTS) is 1. The molecular weight excluding hydrogens is 206 g/mol. The topological polar surface area (TPSA) is 57.6 Å². The number of likely N-dealkylation sites (tertiary alicyclic amines) is 1. The molecule has 1 fully saturated rings. The molecule has 0 unspecified atom stereocenters. The summed E-state index contributed by atoms with van der Waals surface area (Å²) in [6.07, 6.45) is 1.61. The number of hydrogen-bond acceptors (Lipinski definition) is 2. The second-order valence-electron chi connectivity index (χ2n) is 5.49. The number of carboxylic acids is 1. The van der Waals surface area contributed by atoms with E-state index in [9.17, 15) is 14.7 Å². The van der Waals surface area contributed by atoms with Crippen LogP contribution in [-0.2, 0) is 9.59 Å². The van der Waals surface area contributed by atoms with Crippen LogP contribution in [0.2, 0.25) is 0 Å². The van der Waals surface area contributed by atoms with Crippen molar-refractivity contribution in [2.24, 2.45) is 11.3 Å². The van der Waals surface area contributed by atoms with Gasteiger partial charge in [-0.2, -0.15) is 0 Å². The molecule has 1 heterocycles. The van der Waals surface area contributed by atoms with Crippen molar-refractivity contribution >= 4 is 11.9 Å². The number of rotatable bonds is 2. The van der Waals surface area contributed by atoms with E-state index in [-0.39, 0.29) is 11.8 Å². The van der Waals surface area contributed by atoms with Crippen LogP contribution in [0.1, 0.15) is 40.5 Å². The second kappa shape index (κ2) is 4.44. The summed E-state index contributed by atoms with van der Waals surface area (Å²) >= 11 is 0. The highest BCUT2D eigenvalue weighted by atomic mass is 16.4. The second-order valence-corrected chi connectivity index (χ2v) is 5.49. The van der Waals surface area contributed by atoms with Gasteiger partial charge in [-0.25, -0.2) is 4.79 Å². The van der Waals surface area contributed by atoms with E-state index in [2.05, 4.69) is 0 Å². The van der Waals surface area contributed by atoms with E-state index < -0.39 is 17.4 Å². The van der Waals surface area contributed by atoms with Crippen molar-refractivity contribution in [1.82, 2.24) is 4.90 Å². The third-order valence-corrected chi connectivity index (χ3v) is 3.20. The minimum atomic E-state index is -0.873. The molecule has 0 aromatic heterocycles. The fourth-order valence-electron chi connectivity index (χ4n) is 2.28. The number of amides is 1. The fraction of sp³-hybridized carbons (Fsp3) is 0.833. The molecule has 0 aromatic rings. The van der Waals surface area contributed by atoms with Gasteiger partial charge in [0.1, 0.15) is 6.04 Å². The minimum Gasteiger partial charge on any atom is -0.480 e. The first kappa shape index (κ1) is 13.0. The lowest BCUT2D eigenvalue weighted by molar-refractivity contribution is -0.153. The highest BCUT2D eigenvalue weighted by Gasteiger charge is 2.43. The Morgan fingerprint density at radius 2 is 1.94 bits per heavy atom. The Balaban J connectivity index is 2.89. The molecule has 0 spiro atoms. The van der Waals surface area contributed by atoms with E-state index in [0.29, 0.717) is 6.54 Å². The van der Waals surface area contributed by atoms with Gasteiger partial charge >= 0.3 is 5.97 Å². The van der Waals surface area contributed by atoms with Gasteiger partial charge in [0.2, 0.25) is 5.91 Å². The zero-order valence-corrected chi connectivity index (χ0v) is 10.5. The van der Waals surface area contributed by atoms with E-state index in [1.54, 1.807) is 0 Å². The summed E-state index contributed by atoms with van der Waals surface area (Å²) in [5, 5.41) is 9.21. The van der Waals surface area contributed by atoms with Crippen molar-refractivity contribution in [2.75, 3.05) is 6.54 Å². The smallest absolute Gasteiger partial charge is 0.326 e. The molecule has 0 radical (unpaired) electrons. The van der Waals surface area contributed by atoms with Gasteiger partial charge in [0.05, 0.1) is 0 Å². The number of nitrogens with zero attached hydrogens (tertiary/aromatic N) is 1. The van der Waals surface area contributed by atoms with Crippen LogP contribution in [-0.4, -0.2) is 34.5 Å². The van der Waals surface area contributed by atoms with Gasteiger partial charge in [-0.15, -0.1) is 0 Å². The molecule has 92 valence electrons. The van der Waals surface area contributed by atoms with Gasteiger partial charge in [0, 0.05) is 12.0 Å². The largest absolute Gasteiger partial charge is 0.480 e. The zero-order valence-electron chi connectivity index (χ0n) is 10.5. The molecule has 1 saturated heterocycles. The lowest BCUT2D eigenvalue weighted by atomic mass is 9.93. The van der Waals surface area contributed by atoms with Crippen LogP contribution in [0, 0.1) is 11.3 Å². The Morgan fingerprint density at radius 3 is 2.31 bits per heavy atom. The number of hydrogen-bond donors (Lipinski definition) is 1. The molecule has 4 heteroatoms. The summed E-state index contributed by atoms with van der Waals surface area (Å²) in [5.74, 6) is -0.832. The molecule has 1 aliphatic rings. The van der Waals surface area contributed by atoms with Crippen molar-refractivity contribution in [2.45, 2.75) is 46.6 Å². The summed E-state index contributed by atoms with van der Waals surface area (Å²) in [6, 6.07) is -0.628. The monoisotopic (exact) mass is 227 g/mol. The van der Waals surface area contributed by atoms with Gasteiger partial charge in [-0.05, 0) is 12.3 Å². The van der Waals surface area contributed by atoms with Gasteiger partial charge < -0.3 is 10.0 Å². The van der Waals surface area contributed by atoms with E-state index >= 15 is 0 Å². The SMILES string of the molecule is CC[C@H]1CCN(C(=O)C(C)(C)C)[C@@H]1C(=O)O. The highest BCUT2D eigenvalue weighted by molar-refractivity contribution is 5.87. The average molecular weight is 227 g/mol. The molecule has 1 N–H and O–H groups in total. The molecule has 0 aliphatic carbocycles. The Hall–Kier alpha value is -1.06. The highest BCUT2D eigenvalue weighted by Crippen LogP contribution is 2.31. The Kier molecular flexibility index (Phi) is 3.61. The van der Waals surface area contributed by atoms with Crippen molar-refractivity contribution in [3.63, 3.8) is 0 Å². The quantitative estimate of drug-likeness (QED) is 0.781. The predicted molar refractivity (Wildman–Crippen MR) is 61.0 cm³/mol.